The van der Waals surface area contributed by atoms with Crippen molar-refractivity contribution in [3.8, 4) is 17.2 Å². The molecule has 0 saturated carbocycles. The molecule has 12 nitrogen and oxygen atoms in total. The Kier molecular flexibility index (Phi) is 6.53. The van der Waals surface area contributed by atoms with Crippen molar-refractivity contribution in [3.63, 3.8) is 0 Å². The lowest BCUT2D eigenvalue weighted by molar-refractivity contribution is -0.342. The Morgan fingerprint density at radius 2 is 1.82 bits per heavy atom. The number of carboxylic acid groups (broad SMARTS) is 1. The zero-order valence-corrected chi connectivity index (χ0v) is 20.0. The van der Waals surface area contributed by atoms with E-state index in [4.69, 9.17) is 9.47 Å². The van der Waals surface area contributed by atoms with Gasteiger partial charge in [0, 0.05) is 24.5 Å². The molecule has 0 bridgehead atoms. The summed E-state index contributed by atoms with van der Waals surface area (Å²) < 4.78 is 11.6. The molecule has 3 aliphatic heterocycles. The summed E-state index contributed by atoms with van der Waals surface area (Å²) in [7, 11) is 0. The molecule has 202 valence electrons. The number of anilines is 1. The van der Waals surface area contributed by atoms with Crippen LogP contribution in [0.4, 0.5) is 5.69 Å². The molecule has 7 N–H and O–H groups in total. The van der Waals surface area contributed by atoms with Gasteiger partial charge in [0.2, 0.25) is 5.79 Å². The van der Waals surface area contributed by atoms with Gasteiger partial charge in [-0.05, 0) is 41.8 Å². The van der Waals surface area contributed by atoms with Crippen molar-refractivity contribution >= 4 is 23.6 Å². The van der Waals surface area contributed by atoms with Crippen molar-refractivity contribution in [1.29, 1.82) is 0 Å². The van der Waals surface area contributed by atoms with Crippen LogP contribution in [0.15, 0.2) is 36.4 Å². The smallest absolute Gasteiger partial charge is 0.327 e. The van der Waals surface area contributed by atoms with Crippen LogP contribution < -0.4 is 9.64 Å². The number of aliphatic hydroxyl groups excluding tert-OH is 4. The summed E-state index contributed by atoms with van der Waals surface area (Å²) >= 11 is 0. The second-order valence-corrected chi connectivity index (χ2v) is 9.58. The summed E-state index contributed by atoms with van der Waals surface area (Å²) in [6.45, 7) is -0.672. The maximum atomic E-state index is 13.3. The van der Waals surface area contributed by atoms with Crippen LogP contribution in [0.5, 0.6) is 17.2 Å². The Balaban J connectivity index is 1.53. The molecule has 0 unspecified atom stereocenters. The summed E-state index contributed by atoms with van der Waals surface area (Å²) in [5, 5.41) is 70.8. The number of carbonyl (C=O) groups is 2. The summed E-state index contributed by atoms with van der Waals surface area (Å²) in [5.74, 6) is -4.29. The Bertz CT molecular complexity index is 1290. The number of aliphatic hydroxyl groups is 4. The summed E-state index contributed by atoms with van der Waals surface area (Å²) in [6, 6.07) is 6.08. The van der Waals surface area contributed by atoms with Gasteiger partial charge in [0.1, 0.15) is 36.2 Å². The molecule has 1 saturated heterocycles. The number of phenolic OH excluding ortho intramolecular Hbond substituents is 2. The molecule has 38 heavy (non-hydrogen) atoms. The Morgan fingerprint density at radius 3 is 2.47 bits per heavy atom. The van der Waals surface area contributed by atoms with E-state index in [-0.39, 0.29) is 42.2 Å². The third-order valence-electron chi connectivity index (χ3n) is 7.24. The molecule has 2 aromatic carbocycles. The lowest BCUT2D eigenvalue weighted by Crippen LogP contribution is -2.68. The third-order valence-corrected chi connectivity index (χ3v) is 7.24. The molecule has 3 aliphatic rings. The van der Waals surface area contributed by atoms with Gasteiger partial charge in [-0.15, -0.1) is 0 Å². The first-order valence-corrected chi connectivity index (χ1v) is 12.0. The van der Waals surface area contributed by atoms with Crippen LogP contribution in [-0.4, -0.2) is 90.5 Å². The van der Waals surface area contributed by atoms with E-state index in [2.05, 4.69) is 0 Å². The van der Waals surface area contributed by atoms with Crippen LogP contribution in [0.2, 0.25) is 0 Å². The molecule has 5 rings (SSSR count). The molecule has 2 aromatic rings. The van der Waals surface area contributed by atoms with E-state index in [9.17, 15) is 45.3 Å². The molecule has 1 spiro atoms. The van der Waals surface area contributed by atoms with Gasteiger partial charge in [-0.2, -0.15) is 0 Å². The van der Waals surface area contributed by atoms with Gasteiger partial charge in [-0.1, -0.05) is 12.1 Å². The van der Waals surface area contributed by atoms with E-state index in [1.165, 1.54) is 30.4 Å². The Labute approximate surface area is 216 Å². The predicted octanol–water partition coefficient (Wildman–Crippen LogP) is -0.351. The van der Waals surface area contributed by atoms with E-state index in [1.807, 2.05) is 0 Å². The van der Waals surface area contributed by atoms with Crippen molar-refractivity contribution in [2.24, 2.45) is 0 Å². The summed E-state index contributed by atoms with van der Waals surface area (Å²) in [5.41, 5.74) is 1.58. The highest BCUT2D eigenvalue weighted by Gasteiger charge is 2.57. The maximum Gasteiger partial charge on any atom is 0.327 e. The van der Waals surface area contributed by atoms with Crippen molar-refractivity contribution in [1.82, 2.24) is 0 Å². The van der Waals surface area contributed by atoms with Crippen molar-refractivity contribution in [3.05, 3.63) is 53.1 Å². The number of nitrogens with zero attached hydrogens (tertiary/aromatic N) is 1. The third kappa shape index (κ3) is 4.16. The Morgan fingerprint density at radius 1 is 1.11 bits per heavy atom. The van der Waals surface area contributed by atoms with Gasteiger partial charge in [-0.3, -0.25) is 9.69 Å². The molecular formula is C26H27NO11. The zero-order chi connectivity index (χ0) is 27.4. The highest BCUT2D eigenvalue weighted by atomic mass is 16.7. The van der Waals surface area contributed by atoms with Crippen molar-refractivity contribution in [2.75, 3.05) is 11.5 Å². The van der Waals surface area contributed by atoms with E-state index in [1.54, 1.807) is 12.1 Å². The topological polar surface area (TPSA) is 197 Å². The molecular weight excluding hydrogens is 502 g/mol. The van der Waals surface area contributed by atoms with Gasteiger partial charge < -0.3 is 45.2 Å². The molecule has 1 fully saturated rings. The zero-order valence-electron chi connectivity index (χ0n) is 20.0. The number of rotatable bonds is 4. The highest BCUT2D eigenvalue weighted by Crippen LogP contribution is 2.51. The lowest BCUT2D eigenvalue weighted by atomic mass is 9.86. The minimum atomic E-state index is -1.91. The number of aliphatic carboxylic acids is 1. The van der Waals surface area contributed by atoms with Crippen LogP contribution >= 0.6 is 0 Å². The van der Waals surface area contributed by atoms with Gasteiger partial charge in [0.15, 0.2) is 11.5 Å². The maximum absolute atomic E-state index is 13.3. The normalized spacial score (nSPS) is 30.2. The fraction of sp³-hybridized carbons (Fsp3) is 0.385. The number of hydrogen-bond donors (Lipinski definition) is 7. The average molecular weight is 529 g/mol. The number of fused-ring (bicyclic) bond motifs is 3. The van der Waals surface area contributed by atoms with Crippen molar-refractivity contribution < 1.29 is 54.8 Å². The van der Waals surface area contributed by atoms with E-state index >= 15 is 0 Å². The van der Waals surface area contributed by atoms with Crippen LogP contribution in [0.25, 0.3) is 6.08 Å². The minimum absolute atomic E-state index is 0.0435. The van der Waals surface area contributed by atoms with Crippen LogP contribution in [0, 0.1) is 0 Å². The molecule has 1 amide bonds. The number of phenols is 2. The lowest BCUT2D eigenvalue weighted by Gasteiger charge is -2.50. The minimum Gasteiger partial charge on any atom is -0.508 e. The summed E-state index contributed by atoms with van der Waals surface area (Å²) in [4.78, 5) is 26.5. The fourth-order valence-corrected chi connectivity index (χ4v) is 5.33. The molecule has 0 aliphatic carbocycles. The molecule has 0 radical (unpaired) electrons. The van der Waals surface area contributed by atoms with Crippen LogP contribution in [0.1, 0.15) is 23.1 Å². The number of carboxylic acids is 1. The average Bonchev–Trinajstić information content (AvgIpc) is 3.29. The second kappa shape index (κ2) is 9.57. The predicted molar refractivity (Wildman–Crippen MR) is 130 cm³/mol. The molecule has 3 heterocycles. The van der Waals surface area contributed by atoms with Gasteiger partial charge in [0.05, 0.1) is 12.3 Å². The highest BCUT2D eigenvalue weighted by molar-refractivity contribution is 6.10. The fourth-order valence-electron chi connectivity index (χ4n) is 5.33. The standard InChI is InChI=1S/C26H27NO11/c28-11-18-21(32)22(33)24(34)26(37-18)8-7-15-20-13(10-17(30)23(15)38-26)9-16(25(35)36)27(20)19(31)6-3-12-1-4-14(29)5-2-12/h1-6,10,16,18,21-22,24,28-30,32-34H,7-9,11H2,(H,35,36)/t16-,18-,21-,22+,24-,26+/m1/s1. The van der Waals surface area contributed by atoms with Gasteiger partial charge in [0.25, 0.3) is 5.91 Å². The SMILES string of the molecule is O=C(O)[C@H]1Cc2cc(O)c3c(c2N1C(=O)C=Cc1ccc(O)cc1)CC[C@@]1(O3)O[C@H](CO)[C@@H](O)[C@H](O)[C@H]1O. The molecule has 6 atom stereocenters. The Hall–Kier alpha value is -3.68. The van der Waals surface area contributed by atoms with Gasteiger partial charge >= 0.3 is 5.97 Å². The molecule has 0 aromatic heterocycles. The number of aromatic hydroxyl groups is 2. The number of hydrogen-bond acceptors (Lipinski definition) is 10. The first kappa shape index (κ1) is 25.9. The monoisotopic (exact) mass is 529 g/mol. The number of carbonyl (C=O) groups excluding carboxylic acids is 1. The quantitative estimate of drug-likeness (QED) is 0.256. The van der Waals surface area contributed by atoms with Crippen molar-refractivity contribution in [2.45, 2.75) is 55.5 Å². The first-order valence-electron chi connectivity index (χ1n) is 12.0. The number of amides is 1. The van der Waals surface area contributed by atoms with E-state index in [0.717, 1.165) is 4.90 Å². The van der Waals surface area contributed by atoms with Crippen LogP contribution in [-0.2, 0) is 27.2 Å². The van der Waals surface area contributed by atoms with E-state index in [0.29, 0.717) is 16.7 Å². The van der Waals surface area contributed by atoms with Gasteiger partial charge in [-0.25, -0.2) is 4.79 Å². The van der Waals surface area contributed by atoms with E-state index < -0.39 is 54.7 Å². The number of ether oxygens (including phenoxy) is 2. The first-order chi connectivity index (χ1) is 18.1. The number of benzene rings is 2. The summed E-state index contributed by atoms with van der Waals surface area (Å²) in [6.07, 6.45) is -3.73. The van der Waals surface area contributed by atoms with Crippen LogP contribution in [0.3, 0.4) is 0 Å². The molecule has 12 heteroatoms. The second-order valence-electron chi connectivity index (χ2n) is 9.58. The largest absolute Gasteiger partial charge is 0.508 e.